The smallest absolute Gasteiger partial charge is 0.260 e. The number of anilines is 2. The molecule has 0 aliphatic rings. The normalized spacial score (nSPS) is 10.6. The fourth-order valence-electron chi connectivity index (χ4n) is 2.51. The van der Waals surface area contributed by atoms with E-state index in [0.29, 0.717) is 20.3 Å². The molecule has 0 aliphatic carbocycles. The summed E-state index contributed by atoms with van der Waals surface area (Å²) in [7, 11) is 0. The van der Waals surface area contributed by atoms with E-state index in [4.69, 9.17) is 23.2 Å². The Hall–Kier alpha value is -2.15. The first-order valence-electron chi connectivity index (χ1n) is 8.50. The second-order valence-electron chi connectivity index (χ2n) is 5.83. The fourth-order valence-corrected chi connectivity index (χ4v) is 3.75. The number of aryl methyl sites for hydroxylation is 1. The second-order valence-corrected chi connectivity index (χ2v) is 7.62. The van der Waals surface area contributed by atoms with E-state index in [2.05, 4.69) is 45.1 Å². The van der Waals surface area contributed by atoms with Crippen molar-refractivity contribution in [2.45, 2.75) is 19.3 Å². The molecule has 140 valence electrons. The number of nitrogens with one attached hydrogen (secondary N) is 2. The van der Waals surface area contributed by atoms with Crippen molar-refractivity contribution in [3.05, 3.63) is 69.7 Å². The first kappa shape index (κ1) is 19.6. The van der Waals surface area contributed by atoms with Gasteiger partial charge in [-0.25, -0.2) is 0 Å². The van der Waals surface area contributed by atoms with Crippen LogP contribution in [0.2, 0.25) is 10.0 Å². The number of benzene rings is 2. The maximum absolute atomic E-state index is 12.3. The number of nitrogens with zero attached hydrogens (tertiary/aromatic N) is 2. The number of aromatic nitrogens is 2. The van der Waals surface area contributed by atoms with Gasteiger partial charge in [-0.05, 0) is 37.0 Å². The number of carbonyl (C=O) groups excluding carboxylic acids is 1. The number of carbonyl (C=O) groups is 1. The summed E-state index contributed by atoms with van der Waals surface area (Å²) in [5.41, 5.74) is 1.57. The monoisotopic (exact) mass is 420 g/mol. The van der Waals surface area contributed by atoms with E-state index in [0.717, 1.165) is 25.8 Å². The van der Waals surface area contributed by atoms with Gasteiger partial charge in [0.05, 0.1) is 15.6 Å². The van der Waals surface area contributed by atoms with Crippen LogP contribution in [0.25, 0.3) is 0 Å². The van der Waals surface area contributed by atoms with Crippen LogP contribution in [0.1, 0.15) is 28.8 Å². The average Bonchev–Trinajstić information content (AvgIpc) is 3.09. The van der Waals surface area contributed by atoms with Gasteiger partial charge in [0.15, 0.2) is 0 Å². The van der Waals surface area contributed by atoms with Crippen LogP contribution in [0.3, 0.4) is 0 Å². The molecule has 2 aromatic carbocycles. The summed E-state index contributed by atoms with van der Waals surface area (Å²) in [6, 6.07) is 15.3. The van der Waals surface area contributed by atoms with Gasteiger partial charge in [-0.15, -0.1) is 10.2 Å². The SMILES string of the molecule is O=C(Nc1nnc(NCCCCc2ccccc2)s1)c1c(Cl)cccc1Cl. The largest absolute Gasteiger partial charge is 0.360 e. The van der Waals surface area contributed by atoms with Gasteiger partial charge in [0.25, 0.3) is 5.91 Å². The lowest BCUT2D eigenvalue weighted by atomic mass is 10.1. The predicted molar refractivity (Wildman–Crippen MR) is 112 cm³/mol. The third-order valence-corrected chi connectivity index (χ3v) is 5.27. The van der Waals surface area contributed by atoms with Crippen molar-refractivity contribution in [3.8, 4) is 0 Å². The third kappa shape index (κ3) is 5.66. The summed E-state index contributed by atoms with van der Waals surface area (Å²) in [5, 5.41) is 15.6. The van der Waals surface area contributed by atoms with E-state index in [-0.39, 0.29) is 5.56 Å². The molecule has 0 radical (unpaired) electrons. The molecule has 2 N–H and O–H groups in total. The van der Waals surface area contributed by atoms with Gasteiger partial charge in [-0.3, -0.25) is 10.1 Å². The minimum absolute atomic E-state index is 0.228. The molecule has 27 heavy (non-hydrogen) atoms. The van der Waals surface area contributed by atoms with Crippen LogP contribution in [-0.4, -0.2) is 22.6 Å². The number of hydrogen-bond acceptors (Lipinski definition) is 5. The van der Waals surface area contributed by atoms with Crippen LogP contribution in [0.5, 0.6) is 0 Å². The van der Waals surface area contributed by atoms with E-state index < -0.39 is 5.91 Å². The topological polar surface area (TPSA) is 66.9 Å². The zero-order valence-corrected chi connectivity index (χ0v) is 16.7. The molecule has 1 aromatic heterocycles. The molecule has 3 aromatic rings. The van der Waals surface area contributed by atoms with Crippen molar-refractivity contribution in [2.75, 3.05) is 17.2 Å². The molecular formula is C19H18Cl2N4OS. The van der Waals surface area contributed by atoms with Gasteiger partial charge in [0, 0.05) is 6.54 Å². The van der Waals surface area contributed by atoms with E-state index in [1.165, 1.54) is 16.9 Å². The number of hydrogen-bond donors (Lipinski definition) is 2. The summed E-state index contributed by atoms with van der Waals surface area (Å²) < 4.78 is 0. The Bertz CT molecular complexity index is 881. The van der Waals surface area contributed by atoms with Gasteiger partial charge < -0.3 is 5.32 Å². The Kier molecular flexibility index (Phi) is 7.04. The standard InChI is InChI=1S/C19H18Cl2N4OS/c20-14-10-6-11-15(21)16(14)17(26)23-19-25-24-18(27-19)22-12-5-4-9-13-7-2-1-3-8-13/h1-3,6-8,10-11H,4-5,9,12H2,(H,22,24)(H,23,25,26). The highest BCUT2D eigenvalue weighted by Crippen LogP contribution is 2.26. The quantitative estimate of drug-likeness (QED) is 0.469. The maximum Gasteiger partial charge on any atom is 0.260 e. The van der Waals surface area contributed by atoms with Crippen molar-refractivity contribution in [1.29, 1.82) is 0 Å². The summed E-state index contributed by atoms with van der Waals surface area (Å²) in [4.78, 5) is 12.3. The molecule has 5 nitrogen and oxygen atoms in total. The average molecular weight is 421 g/mol. The lowest BCUT2D eigenvalue weighted by Crippen LogP contribution is -2.12. The molecule has 1 amide bonds. The van der Waals surface area contributed by atoms with E-state index >= 15 is 0 Å². The first-order valence-corrected chi connectivity index (χ1v) is 10.1. The summed E-state index contributed by atoms with van der Waals surface area (Å²) in [6.07, 6.45) is 3.16. The molecule has 0 saturated heterocycles. The molecule has 0 aliphatic heterocycles. The van der Waals surface area contributed by atoms with E-state index in [9.17, 15) is 4.79 Å². The Morgan fingerprint density at radius 3 is 2.37 bits per heavy atom. The zero-order chi connectivity index (χ0) is 19.1. The molecular weight excluding hydrogens is 403 g/mol. The minimum Gasteiger partial charge on any atom is -0.360 e. The van der Waals surface area contributed by atoms with Gasteiger partial charge >= 0.3 is 0 Å². The van der Waals surface area contributed by atoms with E-state index in [1.54, 1.807) is 18.2 Å². The van der Waals surface area contributed by atoms with Crippen LogP contribution in [0, 0.1) is 0 Å². The molecule has 8 heteroatoms. The first-order chi connectivity index (χ1) is 13.1. The van der Waals surface area contributed by atoms with Crippen molar-refractivity contribution in [2.24, 2.45) is 0 Å². The van der Waals surface area contributed by atoms with E-state index in [1.807, 2.05) is 6.07 Å². The highest BCUT2D eigenvalue weighted by molar-refractivity contribution is 7.19. The van der Waals surface area contributed by atoms with Crippen molar-refractivity contribution in [3.63, 3.8) is 0 Å². The Labute approximate surface area is 171 Å². The summed E-state index contributed by atoms with van der Waals surface area (Å²) in [6.45, 7) is 0.797. The van der Waals surface area contributed by atoms with Crippen molar-refractivity contribution < 1.29 is 4.79 Å². The van der Waals surface area contributed by atoms with Gasteiger partial charge in [0.1, 0.15) is 0 Å². The lowest BCUT2D eigenvalue weighted by molar-refractivity contribution is 0.102. The van der Waals surface area contributed by atoms with Crippen LogP contribution in [0.4, 0.5) is 10.3 Å². The fraction of sp³-hybridized carbons (Fsp3) is 0.211. The summed E-state index contributed by atoms with van der Waals surface area (Å²) >= 11 is 13.4. The minimum atomic E-state index is -0.406. The molecule has 0 unspecified atom stereocenters. The number of amides is 1. The summed E-state index contributed by atoms with van der Waals surface area (Å²) in [5.74, 6) is -0.406. The van der Waals surface area contributed by atoms with Crippen LogP contribution < -0.4 is 10.6 Å². The molecule has 0 fully saturated rings. The molecule has 0 saturated carbocycles. The highest BCUT2D eigenvalue weighted by Gasteiger charge is 2.16. The van der Waals surface area contributed by atoms with Crippen molar-refractivity contribution in [1.82, 2.24) is 10.2 Å². The predicted octanol–water partition coefficient (Wildman–Crippen LogP) is 5.53. The zero-order valence-electron chi connectivity index (χ0n) is 14.4. The van der Waals surface area contributed by atoms with Gasteiger partial charge in [0.2, 0.25) is 10.3 Å². The number of rotatable bonds is 8. The Morgan fingerprint density at radius 1 is 0.926 bits per heavy atom. The maximum atomic E-state index is 12.3. The Morgan fingerprint density at radius 2 is 1.63 bits per heavy atom. The van der Waals surface area contributed by atoms with Gasteiger partial charge in [-0.2, -0.15) is 0 Å². The molecule has 0 atom stereocenters. The van der Waals surface area contributed by atoms with Gasteiger partial charge in [-0.1, -0.05) is 70.9 Å². The second kappa shape index (κ2) is 9.69. The van der Waals surface area contributed by atoms with Crippen LogP contribution in [0.15, 0.2) is 48.5 Å². The third-order valence-electron chi connectivity index (χ3n) is 3.85. The van der Waals surface area contributed by atoms with Crippen LogP contribution in [-0.2, 0) is 6.42 Å². The van der Waals surface area contributed by atoms with Crippen LogP contribution >= 0.6 is 34.5 Å². The number of halogens is 2. The number of unbranched alkanes of at least 4 members (excludes halogenated alkanes) is 1. The molecule has 0 spiro atoms. The van der Waals surface area contributed by atoms with Crippen molar-refractivity contribution >= 4 is 50.7 Å². The molecule has 1 heterocycles. The Balaban J connectivity index is 1.45. The molecule has 0 bridgehead atoms. The lowest BCUT2D eigenvalue weighted by Gasteiger charge is -2.05. The molecule has 3 rings (SSSR count). The highest BCUT2D eigenvalue weighted by atomic mass is 35.5.